The van der Waals surface area contributed by atoms with E-state index >= 15 is 0 Å². The minimum absolute atomic E-state index is 0. The van der Waals surface area contributed by atoms with E-state index in [1.165, 1.54) is 0 Å². The molecule has 2 fully saturated rings. The Balaban J connectivity index is 0.00000364. The second-order valence-corrected chi connectivity index (χ2v) is 9.80. The number of hydrogen-bond acceptors (Lipinski definition) is 6. The molecule has 0 aliphatic carbocycles. The summed E-state index contributed by atoms with van der Waals surface area (Å²) in [7, 11) is -1.54. The summed E-state index contributed by atoms with van der Waals surface area (Å²) in [6, 6.07) is 0.251. The van der Waals surface area contributed by atoms with Crippen molar-refractivity contribution < 1.29 is 13.2 Å². The third-order valence-corrected chi connectivity index (χ3v) is 7.36. The maximum absolute atomic E-state index is 12.3. The van der Waals surface area contributed by atoms with E-state index in [-0.39, 0.29) is 41.7 Å². The van der Waals surface area contributed by atoms with Crippen molar-refractivity contribution in [2.75, 3.05) is 63.6 Å². The molecule has 0 radical (unpaired) electrons. The number of guanidine groups is 1. The standard InChI is InChI=1S/C15H30N6O3S2.HI/c1-17-15(19-13-2-5-20(6-3-13)12-14(16)22)18-4-11-26(23,24)21-7-9-25-10-8-21;/h13H,2-12H2,1H3,(H2,16,22)(H2,17,18,19);1H. The van der Waals surface area contributed by atoms with Gasteiger partial charge in [-0.15, -0.1) is 24.0 Å². The van der Waals surface area contributed by atoms with E-state index in [9.17, 15) is 13.2 Å². The van der Waals surface area contributed by atoms with Crippen LogP contribution in [0.5, 0.6) is 0 Å². The van der Waals surface area contributed by atoms with Gasteiger partial charge in [-0.2, -0.15) is 11.8 Å². The average Bonchev–Trinajstić information content (AvgIpc) is 2.62. The summed E-state index contributed by atoms with van der Waals surface area (Å²) in [6.07, 6.45) is 1.77. The molecule has 0 unspecified atom stereocenters. The molecular formula is C15H31IN6O3S2. The lowest BCUT2D eigenvalue weighted by atomic mass is 10.1. The van der Waals surface area contributed by atoms with Gasteiger partial charge in [0.1, 0.15) is 0 Å². The number of likely N-dealkylation sites (tertiary alicyclic amines) is 1. The largest absolute Gasteiger partial charge is 0.369 e. The zero-order valence-corrected chi connectivity index (χ0v) is 19.7. The van der Waals surface area contributed by atoms with Gasteiger partial charge in [0.2, 0.25) is 15.9 Å². The number of aliphatic imine (C=N–C) groups is 1. The van der Waals surface area contributed by atoms with Gasteiger partial charge in [0.25, 0.3) is 0 Å². The Morgan fingerprint density at radius 3 is 2.41 bits per heavy atom. The molecule has 12 heteroatoms. The molecule has 158 valence electrons. The summed E-state index contributed by atoms with van der Waals surface area (Å²) in [4.78, 5) is 17.2. The van der Waals surface area contributed by atoms with Crippen LogP contribution < -0.4 is 16.4 Å². The monoisotopic (exact) mass is 534 g/mol. The number of carbonyl (C=O) groups is 1. The van der Waals surface area contributed by atoms with Crippen LogP contribution in [0.1, 0.15) is 12.8 Å². The number of nitrogens with one attached hydrogen (secondary N) is 2. The lowest BCUT2D eigenvalue weighted by molar-refractivity contribution is -0.119. The number of primary amides is 1. The summed E-state index contributed by atoms with van der Waals surface area (Å²) < 4.78 is 26.3. The summed E-state index contributed by atoms with van der Waals surface area (Å²) in [5, 5.41) is 6.43. The van der Waals surface area contributed by atoms with Crippen LogP contribution in [0.15, 0.2) is 4.99 Å². The fourth-order valence-electron chi connectivity index (χ4n) is 3.10. The van der Waals surface area contributed by atoms with Crippen molar-refractivity contribution in [3.8, 4) is 0 Å². The van der Waals surface area contributed by atoms with Gasteiger partial charge in [0.15, 0.2) is 5.96 Å². The molecule has 4 N–H and O–H groups in total. The lowest BCUT2D eigenvalue weighted by Crippen LogP contribution is -2.50. The first-order valence-electron chi connectivity index (χ1n) is 8.94. The number of halogens is 1. The van der Waals surface area contributed by atoms with Crippen LogP contribution in [0.3, 0.4) is 0 Å². The highest BCUT2D eigenvalue weighted by Gasteiger charge is 2.24. The fourth-order valence-corrected chi connectivity index (χ4v) is 5.59. The molecule has 2 rings (SSSR count). The van der Waals surface area contributed by atoms with E-state index in [1.54, 1.807) is 23.1 Å². The molecule has 0 aromatic carbocycles. The van der Waals surface area contributed by atoms with Crippen molar-refractivity contribution in [1.29, 1.82) is 0 Å². The first kappa shape index (κ1) is 24.7. The first-order valence-corrected chi connectivity index (χ1v) is 11.7. The van der Waals surface area contributed by atoms with Crippen LogP contribution in [0.4, 0.5) is 0 Å². The summed E-state index contributed by atoms with van der Waals surface area (Å²) >= 11 is 1.79. The molecule has 0 bridgehead atoms. The fraction of sp³-hybridized carbons (Fsp3) is 0.867. The maximum Gasteiger partial charge on any atom is 0.231 e. The smallest absolute Gasteiger partial charge is 0.231 e. The van der Waals surface area contributed by atoms with E-state index in [0.29, 0.717) is 32.1 Å². The maximum atomic E-state index is 12.3. The Labute approximate surface area is 183 Å². The van der Waals surface area contributed by atoms with Gasteiger partial charge in [0.05, 0.1) is 12.3 Å². The summed E-state index contributed by atoms with van der Waals surface area (Å²) in [5.41, 5.74) is 5.22. The summed E-state index contributed by atoms with van der Waals surface area (Å²) in [5.74, 6) is 2.11. The van der Waals surface area contributed by atoms with Gasteiger partial charge in [-0.1, -0.05) is 0 Å². The van der Waals surface area contributed by atoms with E-state index < -0.39 is 10.0 Å². The third-order valence-electron chi connectivity index (χ3n) is 4.55. The lowest BCUT2D eigenvalue weighted by Gasteiger charge is -2.32. The molecule has 2 aliphatic heterocycles. The number of nitrogens with two attached hydrogens (primary N) is 1. The SMILES string of the molecule is CN=C(NCCS(=O)(=O)N1CCSCC1)NC1CCN(CC(N)=O)CC1.I. The highest BCUT2D eigenvalue weighted by atomic mass is 127. The number of hydrogen-bond donors (Lipinski definition) is 3. The summed E-state index contributed by atoms with van der Waals surface area (Å²) in [6.45, 7) is 3.43. The van der Waals surface area contributed by atoms with Crippen molar-refractivity contribution in [2.24, 2.45) is 10.7 Å². The number of piperidine rings is 1. The zero-order valence-electron chi connectivity index (χ0n) is 15.7. The molecule has 2 saturated heterocycles. The van der Waals surface area contributed by atoms with Gasteiger partial charge < -0.3 is 16.4 Å². The number of sulfonamides is 1. The van der Waals surface area contributed by atoms with Gasteiger partial charge in [-0.3, -0.25) is 14.7 Å². The van der Waals surface area contributed by atoms with Gasteiger partial charge >= 0.3 is 0 Å². The molecule has 0 aromatic heterocycles. The van der Waals surface area contributed by atoms with Crippen LogP contribution in [-0.2, 0) is 14.8 Å². The Kier molecular flexibility index (Phi) is 11.3. The third kappa shape index (κ3) is 8.71. The number of carbonyl (C=O) groups excluding carboxylic acids is 1. The Hall–Kier alpha value is -0.310. The Morgan fingerprint density at radius 1 is 1.22 bits per heavy atom. The highest BCUT2D eigenvalue weighted by molar-refractivity contribution is 14.0. The van der Waals surface area contributed by atoms with Gasteiger partial charge in [0, 0.05) is 57.3 Å². The zero-order chi connectivity index (χ0) is 19.0. The average molecular weight is 534 g/mol. The van der Waals surface area contributed by atoms with Crippen LogP contribution in [0.2, 0.25) is 0 Å². The van der Waals surface area contributed by atoms with Crippen LogP contribution in [0.25, 0.3) is 0 Å². The molecule has 27 heavy (non-hydrogen) atoms. The number of thioether (sulfide) groups is 1. The van der Waals surface area contributed by atoms with Crippen molar-refractivity contribution in [3.05, 3.63) is 0 Å². The number of rotatable bonds is 7. The highest BCUT2D eigenvalue weighted by Crippen LogP contribution is 2.13. The second-order valence-electron chi connectivity index (χ2n) is 6.49. The normalized spacial score (nSPS) is 20.7. The molecule has 0 spiro atoms. The van der Waals surface area contributed by atoms with Crippen molar-refractivity contribution in [1.82, 2.24) is 19.8 Å². The van der Waals surface area contributed by atoms with Crippen molar-refractivity contribution in [3.63, 3.8) is 0 Å². The minimum atomic E-state index is -3.21. The van der Waals surface area contributed by atoms with Crippen LogP contribution in [0, 0.1) is 0 Å². The van der Waals surface area contributed by atoms with Gasteiger partial charge in [-0.05, 0) is 12.8 Å². The molecule has 0 atom stereocenters. The van der Waals surface area contributed by atoms with E-state index in [0.717, 1.165) is 37.4 Å². The van der Waals surface area contributed by atoms with E-state index in [2.05, 4.69) is 15.6 Å². The molecule has 2 heterocycles. The predicted octanol–water partition coefficient (Wildman–Crippen LogP) is -0.902. The van der Waals surface area contributed by atoms with Gasteiger partial charge in [-0.25, -0.2) is 12.7 Å². The van der Waals surface area contributed by atoms with Crippen molar-refractivity contribution in [2.45, 2.75) is 18.9 Å². The molecule has 1 amide bonds. The van der Waals surface area contributed by atoms with Crippen LogP contribution in [-0.4, -0.2) is 99.1 Å². The quantitative estimate of drug-likeness (QED) is 0.220. The second kappa shape index (κ2) is 12.3. The minimum Gasteiger partial charge on any atom is -0.369 e. The topological polar surface area (TPSA) is 120 Å². The first-order chi connectivity index (χ1) is 12.4. The molecule has 0 saturated carbocycles. The van der Waals surface area contributed by atoms with Crippen LogP contribution >= 0.6 is 35.7 Å². The predicted molar refractivity (Wildman–Crippen MR) is 121 cm³/mol. The van der Waals surface area contributed by atoms with Crippen molar-refractivity contribution >= 4 is 57.6 Å². The Bertz CT molecular complexity index is 590. The van der Waals surface area contributed by atoms with E-state index in [1.807, 2.05) is 4.90 Å². The number of amides is 1. The van der Waals surface area contributed by atoms with E-state index in [4.69, 9.17) is 5.73 Å². The molecule has 0 aromatic rings. The molecule has 9 nitrogen and oxygen atoms in total. The Morgan fingerprint density at radius 2 is 1.85 bits per heavy atom. The molecule has 2 aliphatic rings. The molecular weight excluding hydrogens is 503 g/mol. The number of nitrogens with zero attached hydrogens (tertiary/aromatic N) is 3.